The average molecular weight is 437 g/mol. The van der Waals surface area contributed by atoms with Crippen molar-refractivity contribution in [1.82, 2.24) is 19.9 Å². The number of para-hydroxylation sites is 2. The third-order valence-electron chi connectivity index (χ3n) is 4.74. The Bertz CT molecular complexity index is 1190. The van der Waals surface area contributed by atoms with Crippen molar-refractivity contribution in [3.63, 3.8) is 0 Å². The number of imidazole rings is 1. The zero-order valence-electron chi connectivity index (χ0n) is 16.9. The molecule has 4 rings (SSSR count). The topological polar surface area (TPSA) is 78.3 Å². The molecule has 0 radical (unpaired) electrons. The van der Waals surface area contributed by atoms with E-state index in [2.05, 4.69) is 15.3 Å². The quantitative estimate of drug-likeness (QED) is 0.452. The van der Waals surface area contributed by atoms with Crippen LogP contribution in [0.3, 0.4) is 0 Å². The van der Waals surface area contributed by atoms with Crippen molar-refractivity contribution in [2.45, 2.75) is 19.7 Å². The maximum Gasteiger partial charge on any atom is 0.240 e. The Balaban J connectivity index is 1.49. The Labute approximate surface area is 184 Å². The second-order valence-corrected chi connectivity index (χ2v) is 7.23. The van der Waals surface area contributed by atoms with Crippen molar-refractivity contribution in [2.24, 2.45) is 0 Å². The molecule has 2 heterocycles. The molecule has 2 aromatic carbocycles. The number of nitrogens with zero attached hydrogens (tertiary/aromatic N) is 3. The summed E-state index contributed by atoms with van der Waals surface area (Å²) >= 11 is 5.93. The first kappa shape index (κ1) is 20.7. The van der Waals surface area contributed by atoms with Crippen LogP contribution in [0.15, 0.2) is 66.9 Å². The minimum Gasteiger partial charge on any atom is -0.486 e. The summed E-state index contributed by atoms with van der Waals surface area (Å²) in [6.45, 7) is 0.654. The van der Waals surface area contributed by atoms with Crippen LogP contribution in [0.4, 0.5) is 0 Å². The van der Waals surface area contributed by atoms with Gasteiger partial charge in [-0.2, -0.15) is 0 Å². The van der Waals surface area contributed by atoms with Gasteiger partial charge in [-0.3, -0.25) is 4.79 Å². The van der Waals surface area contributed by atoms with Gasteiger partial charge in [-0.15, -0.1) is 0 Å². The third-order valence-corrected chi connectivity index (χ3v) is 4.99. The zero-order valence-corrected chi connectivity index (χ0v) is 17.7. The molecule has 0 unspecified atom stereocenters. The summed E-state index contributed by atoms with van der Waals surface area (Å²) in [4.78, 5) is 21.5. The highest BCUT2D eigenvalue weighted by Gasteiger charge is 2.15. The Morgan fingerprint density at radius 1 is 1.10 bits per heavy atom. The van der Waals surface area contributed by atoms with E-state index >= 15 is 0 Å². The van der Waals surface area contributed by atoms with Crippen molar-refractivity contribution < 1.29 is 14.3 Å². The number of rotatable bonds is 8. The first-order valence-corrected chi connectivity index (χ1v) is 10.1. The summed E-state index contributed by atoms with van der Waals surface area (Å²) < 4.78 is 13.0. The second-order valence-electron chi connectivity index (χ2n) is 6.79. The molecule has 7 nitrogen and oxygen atoms in total. The molecule has 1 N–H and O–H groups in total. The molecule has 0 aliphatic rings. The highest BCUT2D eigenvalue weighted by atomic mass is 35.5. The first-order valence-electron chi connectivity index (χ1n) is 9.71. The number of amides is 1. The van der Waals surface area contributed by atoms with E-state index in [9.17, 15) is 4.79 Å². The molecule has 0 fully saturated rings. The van der Waals surface area contributed by atoms with Crippen LogP contribution >= 0.6 is 11.6 Å². The monoisotopic (exact) mass is 436 g/mol. The summed E-state index contributed by atoms with van der Waals surface area (Å²) in [5, 5.41) is 3.56. The number of halogens is 1. The lowest BCUT2D eigenvalue weighted by Gasteiger charge is -2.12. The van der Waals surface area contributed by atoms with Crippen molar-refractivity contribution in [3.8, 4) is 11.6 Å². The van der Waals surface area contributed by atoms with Crippen LogP contribution in [0.5, 0.6) is 11.6 Å². The number of benzene rings is 2. The Hall–Kier alpha value is -3.58. The summed E-state index contributed by atoms with van der Waals surface area (Å²) in [5.41, 5.74) is 2.48. The predicted octanol–water partition coefficient (Wildman–Crippen LogP) is 3.99. The molecule has 0 bridgehead atoms. The number of aromatic nitrogens is 3. The summed E-state index contributed by atoms with van der Waals surface area (Å²) in [5.74, 6) is 1.68. The largest absolute Gasteiger partial charge is 0.486 e. The normalized spacial score (nSPS) is 10.8. The number of hydrogen-bond donors (Lipinski definition) is 1. The van der Waals surface area contributed by atoms with Gasteiger partial charge in [-0.05, 0) is 42.5 Å². The molecular weight excluding hydrogens is 416 g/mol. The maximum atomic E-state index is 12.7. The van der Waals surface area contributed by atoms with Gasteiger partial charge in [0.15, 0.2) is 0 Å². The van der Waals surface area contributed by atoms with E-state index < -0.39 is 0 Å². The Morgan fingerprint density at radius 3 is 2.71 bits per heavy atom. The summed E-state index contributed by atoms with van der Waals surface area (Å²) in [6, 6.07) is 18.5. The van der Waals surface area contributed by atoms with Crippen molar-refractivity contribution in [1.29, 1.82) is 0 Å². The van der Waals surface area contributed by atoms with Crippen LogP contribution in [0.2, 0.25) is 5.02 Å². The number of nitrogens with one attached hydrogen (secondary N) is 1. The fourth-order valence-corrected chi connectivity index (χ4v) is 3.35. The maximum absolute atomic E-state index is 12.7. The number of fused-ring (bicyclic) bond motifs is 1. The van der Waals surface area contributed by atoms with Gasteiger partial charge in [0.05, 0.1) is 18.1 Å². The van der Waals surface area contributed by atoms with E-state index in [-0.39, 0.29) is 19.1 Å². The first-order chi connectivity index (χ1) is 15.1. The smallest absolute Gasteiger partial charge is 0.240 e. The molecule has 8 heteroatoms. The van der Waals surface area contributed by atoms with Gasteiger partial charge in [0, 0.05) is 23.3 Å². The molecule has 0 atom stereocenters. The van der Waals surface area contributed by atoms with Gasteiger partial charge in [-0.1, -0.05) is 29.8 Å². The van der Waals surface area contributed by atoms with Crippen molar-refractivity contribution in [3.05, 3.63) is 83.3 Å². The van der Waals surface area contributed by atoms with Gasteiger partial charge in [0.1, 0.15) is 24.7 Å². The van der Waals surface area contributed by atoms with Crippen LogP contribution in [0.1, 0.15) is 11.4 Å². The Morgan fingerprint density at radius 2 is 1.90 bits per heavy atom. The molecule has 0 aliphatic carbocycles. The zero-order chi connectivity index (χ0) is 21.6. The van der Waals surface area contributed by atoms with Crippen molar-refractivity contribution >= 4 is 28.5 Å². The molecule has 0 aliphatic heterocycles. The molecule has 2 aromatic heterocycles. The van der Waals surface area contributed by atoms with E-state index in [0.29, 0.717) is 29.0 Å². The molecular formula is C23H21ClN4O3. The number of hydrogen-bond acceptors (Lipinski definition) is 5. The molecule has 0 saturated heterocycles. The third kappa shape index (κ3) is 4.95. The van der Waals surface area contributed by atoms with Crippen LogP contribution < -0.4 is 14.8 Å². The highest BCUT2D eigenvalue weighted by Crippen LogP contribution is 2.20. The predicted molar refractivity (Wildman–Crippen MR) is 118 cm³/mol. The van der Waals surface area contributed by atoms with E-state index in [1.807, 2.05) is 34.9 Å². The van der Waals surface area contributed by atoms with E-state index in [1.54, 1.807) is 43.6 Å². The van der Waals surface area contributed by atoms with Crippen LogP contribution in [0.25, 0.3) is 11.0 Å². The molecule has 31 heavy (non-hydrogen) atoms. The molecule has 1 amide bonds. The minimum absolute atomic E-state index is 0.113. The number of pyridine rings is 1. The second kappa shape index (κ2) is 9.49. The lowest BCUT2D eigenvalue weighted by atomic mass is 10.2. The number of carbonyl (C=O) groups excluding carboxylic acids is 1. The lowest BCUT2D eigenvalue weighted by molar-refractivity contribution is -0.121. The van der Waals surface area contributed by atoms with Gasteiger partial charge < -0.3 is 19.4 Å². The highest BCUT2D eigenvalue weighted by molar-refractivity contribution is 6.30. The SMILES string of the molecule is COc1ncccc1CNC(=O)Cn1c(COc2ccc(Cl)cc2)nc2ccccc21. The standard InChI is InChI=1S/C23H21ClN4O3/c1-30-23-16(5-4-12-25-23)13-26-22(29)14-28-20-7-3-2-6-19(20)27-21(28)15-31-18-10-8-17(24)9-11-18/h2-12H,13-15H2,1H3,(H,26,29). The van der Waals surface area contributed by atoms with Gasteiger partial charge in [-0.25, -0.2) is 9.97 Å². The van der Waals surface area contributed by atoms with Gasteiger partial charge in [0.25, 0.3) is 0 Å². The molecule has 0 saturated carbocycles. The minimum atomic E-state index is -0.151. The van der Waals surface area contributed by atoms with Crippen molar-refractivity contribution in [2.75, 3.05) is 7.11 Å². The van der Waals surface area contributed by atoms with Gasteiger partial charge in [0.2, 0.25) is 11.8 Å². The fraction of sp³-hybridized carbons (Fsp3) is 0.174. The molecule has 4 aromatic rings. The van der Waals surface area contributed by atoms with Crippen LogP contribution in [-0.2, 0) is 24.5 Å². The number of carbonyl (C=O) groups is 1. The average Bonchev–Trinajstić information content (AvgIpc) is 3.14. The fourth-order valence-electron chi connectivity index (χ4n) is 3.23. The van der Waals surface area contributed by atoms with Gasteiger partial charge >= 0.3 is 0 Å². The molecule has 0 spiro atoms. The van der Waals surface area contributed by atoms with Crippen LogP contribution in [0, 0.1) is 0 Å². The van der Waals surface area contributed by atoms with E-state index in [0.717, 1.165) is 16.6 Å². The number of methoxy groups -OCH3 is 1. The summed E-state index contributed by atoms with van der Waals surface area (Å²) in [6.07, 6.45) is 1.65. The van der Waals surface area contributed by atoms with Crippen LogP contribution in [-0.4, -0.2) is 27.6 Å². The summed E-state index contributed by atoms with van der Waals surface area (Å²) in [7, 11) is 1.55. The molecule has 158 valence electrons. The lowest BCUT2D eigenvalue weighted by Crippen LogP contribution is -2.28. The Kier molecular flexibility index (Phi) is 6.33. The van der Waals surface area contributed by atoms with E-state index in [4.69, 9.17) is 21.1 Å². The number of ether oxygens (including phenoxy) is 2. The van der Waals surface area contributed by atoms with E-state index in [1.165, 1.54) is 0 Å².